The molecule has 0 unspecified atom stereocenters. The predicted octanol–water partition coefficient (Wildman–Crippen LogP) is 4.64. The maximum Gasteiger partial charge on any atom is 0.238 e. The van der Waals surface area contributed by atoms with Crippen LogP contribution in [0.5, 0.6) is 17.2 Å². The summed E-state index contributed by atoms with van der Waals surface area (Å²) in [5, 5.41) is 14.7. The molecule has 2 aromatic rings. The van der Waals surface area contributed by atoms with Gasteiger partial charge in [0.05, 0.1) is 33.5 Å². The number of rotatable bonds is 7. The minimum atomic E-state index is -0.733. The average Bonchev–Trinajstić information content (AvgIpc) is 2.85. The molecule has 2 N–H and O–H groups in total. The van der Waals surface area contributed by atoms with Gasteiger partial charge in [-0.1, -0.05) is 25.0 Å². The molecule has 2 aromatic carbocycles. The van der Waals surface area contributed by atoms with E-state index >= 15 is 0 Å². The molecule has 0 aromatic heterocycles. The normalized spacial score (nSPS) is 24.4. The number of carbonyl (C=O) groups is 1. The molecular formula is C28H38N2O5. The van der Waals surface area contributed by atoms with Crippen molar-refractivity contribution in [2.75, 3.05) is 39.7 Å². The Balaban J connectivity index is 1.68. The molecule has 2 fully saturated rings. The zero-order valence-corrected chi connectivity index (χ0v) is 21.5. The first-order valence-corrected chi connectivity index (χ1v) is 12.4. The lowest BCUT2D eigenvalue weighted by atomic mass is 9.66. The number of amides is 1. The molecule has 3 atom stereocenters. The molecule has 0 radical (unpaired) electrons. The summed E-state index contributed by atoms with van der Waals surface area (Å²) >= 11 is 0. The lowest BCUT2D eigenvalue weighted by Gasteiger charge is -2.52. The van der Waals surface area contributed by atoms with E-state index in [1.807, 2.05) is 44.2 Å². The monoisotopic (exact) mass is 482 g/mol. The molecule has 4 rings (SSSR count). The van der Waals surface area contributed by atoms with Gasteiger partial charge in [0.2, 0.25) is 11.7 Å². The van der Waals surface area contributed by atoms with E-state index in [1.165, 1.54) is 0 Å². The topological polar surface area (TPSA) is 80.3 Å². The third-order valence-corrected chi connectivity index (χ3v) is 7.71. The van der Waals surface area contributed by atoms with E-state index < -0.39 is 5.60 Å². The fourth-order valence-electron chi connectivity index (χ4n) is 5.88. The van der Waals surface area contributed by atoms with Gasteiger partial charge in [0.15, 0.2) is 11.5 Å². The second-order valence-electron chi connectivity index (χ2n) is 9.95. The number of benzene rings is 2. The number of carbonyl (C=O) groups excluding carboxylic acids is 1. The number of nitrogens with one attached hydrogen (secondary N) is 1. The van der Waals surface area contributed by atoms with Gasteiger partial charge in [0, 0.05) is 24.2 Å². The molecular weight excluding hydrogens is 444 g/mol. The second kappa shape index (κ2) is 10.5. The summed E-state index contributed by atoms with van der Waals surface area (Å²) in [5.41, 5.74) is 3.20. The summed E-state index contributed by atoms with van der Waals surface area (Å²) in [6.45, 7) is 4.89. The van der Waals surface area contributed by atoms with Crippen LogP contribution in [0.15, 0.2) is 30.3 Å². The molecule has 0 bridgehead atoms. The van der Waals surface area contributed by atoms with Gasteiger partial charge >= 0.3 is 0 Å². The number of likely N-dealkylation sites (tertiary alicyclic amines) is 1. The lowest BCUT2D eigenvalue weighted by molar-refractivity contribution is -0.135. The average molecular weight is 483 g/mol. The van der Waals surface area contributed by atoms with Crippen LogP contribution in [0, 0.1) is 19.8 Å². The Kier molecular flexibility index (Phi) is 7.57. The first-order valence-electron chi connectivity index (χ1n) is 12.4. The van der Waals surface area contributed by atoms with Crippen molar-refractivity contribution in [2.45, 2.75) is 57.6 Å². The lowest BCUT2D eigenvalue weighted by Crippen LogP contribution is -2.56. The molecule has 1 saturated heterocycles. The fraction of sp³-hybridized carbons (Fsp3) is 0.536. The predicted molar refractivity (Wildman–Crippen MR) is 136 cm³/mol. The third-order valence-electron chi connectivity index (χ3n) is 7.71. The summed E-state index contributed by atoms with van der Waals surface area (Å²) in [6.07, 6.45) is 4.46. The van der Waals surface area contributed by atoms with Crippen LogP contribution in [0.2, 0.25) is 0 Å². The first kappa shape index (κ1) is 25.3. The quantitative estimate of drug-likeness (QED) is 0.599. The van der Waals surface area contributed by atoms with E-state index in [0.29, 0.717) is 30.2 Å². The SMILES string of the molecule is COc1cc([C@H]2[C@H]3CCCC[C@]3(O)CCN2CC(=O)Nc2cc(C)ccc2C)cc(OC)c1OC. The number of ether oxygens (including phenoxy) is 3. The number of nitrogens with zero attached hydrogens (tertiary/aromatic N) is 1. The third kappa shape index (κ3) is 5.11. The molecule has 1 heterocycles. The molecule has 35 heavy (non-hydrogen) atoms. The highest BCUT2D eigenvalue weighted by Crippen LogP contribution is 2.51. The van der Waals surface area contributed by atoms with E-state index in [-0.39, 0.29) is 24.4 Å². The Morgan fingerprint density at radius 2 is 1.77 bits per heavy atom. The number of aryl methyl sites for hydroxylation is 2. The van der Waals surface area contributed by atoms with Crippen molar-refractivity contribution >= 4 is 11.6 Å². The number of piperidine rings is 1. The van der Waals surface area contributed by atoms with Crippen molar-refractivity contribution in [3.63, 3.8) is 0 Å². The zero-order valence-electron chi connectivity index (χ0n) is 21.5. The minimum absolute atomic E-state index is 0.0151. The maximum absolute atomic E-state index is 13.2. The van der Waals surface area contributed by atoms with Crippen LogP contribution in [0.25, 0.3) is 0 Å². The summed E-state index contributed by atoms with van der Waals surface area (Å²) in [7, 11) is 4.80. The van der Waals surface area contributed by atoms with Gasteiger partial charge in [-0.15, -0.1) is 0 Å². The van der Waals surface area contributed by atoms with Crippen molar-refractivity contribution in [1.29, 1.82) is 0 Å². The van der Waals surface area contributed by atoms with Crippen LogP contribution >= 0.6 is 0 Å². The Morgan fingerprint density at radius 1 is 1.06 bits per heavy atom. The van der Waals surface area contributed by atoms with E-state index in [1.54, 1.807) is 21.3 Å². The summed E-state index contributed by atoms with van der Waals surface area (Å²) in [5.74, 6) is 1.64. The second-order valence-corrected chi connectivity index (χ2v) is 9.95. The Bertz CT molecular complexity index is 1050. The number of fused-ring (bicyclic) bond motifs is 1. The molecule has 7 nitrogen and oxygen atoms in total. The Hall–Kier alpha value is -2.77. The molecule has 1 aliphatic carbocycles. The molecule has 1 saturated carbocycles. The van der Waals surface area contributed by atoms with E-state index in [9.17, 15) is 9.90 Å². The van der Waals surface area contributed by atoms with E-state index in [4.69, 9.17) is 14.2 Å². The highest BCUT2D eigenvalue weighted by atomic mass is 16.5. The molecule has 1 aliphatic heterocycles. The maximum atomic E-state index is 13.2. The van der Waals surface area contributed by atoms with E-state index in [0.717, 1.165) is 48.1 Å². The minimum Gasteiger partial charge on any atom is -0.493 e. The molecule has 0 spiro atoms. The molecule has 7 heteroatoms. The highest BCUT2D eigenvalue weighted by molar-refractivity contribution is 5.93. The van der Waals surface area contributed by atoms with Crippen molar-refractivity contribution in [1.82, 2.24) is 4.90 Å². The van der Waals surface area contributed by atoms with Crippen LogP contribution in [-0.4, -0.2) is 55.9 Å². The number of methoxy groups -OCH3 is 3. The standard InChI is InChI=1S/C28H38N2O5/c1-18-9-10-19(2)22(14-18)29-25(31)17-30-13-12-28(32)11-7-6-8-21(28)26(30)20-15-23(33-3)27(35-5)24(16-20)34-4/h9-10,14-16,21,26,32H,6-8,11-13,17H2,1-5H3,(H,29,31)/t21-,26+,28+/m1/s1. The van der Waals surface area contributed by atoms with Crippen molar-refractivity contribution in [3.05, 3.63) is 47.0 Å². The van der Waals surface area contributed by atoms with Crippen molar-refractivity contribution < 1.29 is 24.1 Å². The Labute approximate surface area is 208 Å². The summed E-state index contributed by atoms with van der Waals surface area (Å²) < 4.78 is 16.8. The highest BCUT2D eigenvalue weighted by Gasteiger charge is 2.49. The van der Waals surface area contributed by atoms with Crippen LogP contribution in [0.4, 0.5) is 5.69 Å². The van der Waals surface area contributed by atoms with Crippen LogP contribution in [0.1, 0.15) is 54.8 Å². The molecule has 1 amide bonds. The van der Waals surface area contributed by atoms with Gasteiger partial charge in [-0.3, -0.25) is 9.69 Å². The van der Waals surface area contributed by atoms with Gasteiger partial charge in [-0.25, -0.2) is 0 Å². The first-order chi connectivity index (χ1) is 16.8. The van der Waals surface area contributed by atoms with Gasteiger partial charge in [-0.05, 0) is 68.0 Å². The molecule has 2 aliphatic rings. The fourth-order valence-corrected chi connectivity index (χ4v) is 5.88. The van der Waals surface area contributed by atoms with Crippen LogP contribution in [0.3, 0.4) is 0 Å². The van der Waals surface area contributed by atoms with Crippen LogP contribution < -0.4 is 19.5 Å². The summed E-state index contributed by atoms with van der Waals surface area (Å²) in [6, 6.07) is 9.84. The summed E-state index contributed by atoms with van der Waals surface area (Å²) in [4.78, 5) is 15.4. The number of anilines is 1. The van der Waals surface area contributed by atoms with Crippen molar-refractivity contribution in [2.24, 2.45) is 5.92 Å². The van der Waals surface area contributed by atoms with Gasteiger partial charge in [0.1, 0.15) is 0 Å². The van der Waals surface area contributed by atoms with Gasteiger partial charge in [-0.2, -0.15) is 0 Å². The van der Waals surface area contributed by atoms with E-state index in [2.05, 4.69) is 10.2 Å². The van der Waals surface area contributed by atoms with Gasteiger partial charge in [0.25, 0.3) is 0 Å². The molecule has 190 valence electrons. The zero-order chi connectivity index (χ0) is 25.2. The van der Waals surface area contributed by atoms with Gasteiger partial charge < -0.3 is 24.6 Å². The largest absolute Gasteiger partial charge is 0.493 e. The number of hydrogen-bond donors (Lipinski definition) is 2. The number of hydrogen-bond acceptors (Lipinski definition) is 6. The van der Waals surface area contributed by atoms with Crippen LogP contribution in [-0.2, 0) is 4.79 Å². The Morgan fingerprint density at radius 3 is 2.43 bits per heavy atom. The smallest absolute Gasteiger partial charge is 0.238 e. The number of aliphatic hydroxyl groups is 1. The van der Waals surface area contributed by atoms with Crippen molar-refractivity contribution in [3.8, 4) is 17.2 Å².